The molecule has 2 aromatic rings. The van der Waals surface area contributed by atoms with Gasteiger partial charge in [0.05, 0.1) is 37.4 Å². The van der Waals surface area contributed by atoms with Crippen molar-refractivity contribution < 1.29 is 14.2 Å². The van der Waals surface area contributed by atoms with Crippen molar-refractivity contribution in [1.82, 2.24) is 10.2 Å². The number of halogens is 2. The zero-order valence-corrected chi connectivity index (χ0v) is 17.2. The summed E-state index contributed by atoms with van der Waals surface area (Å²) in [6.07, 6.45) is 0. The van der Waals surface area contributed by atoms with Crippen LogP contribution in [0.15, 0.2) is 30.3 Å². The van der Waals surface area contributed by atoms with Crippen LogP contribution in [0, 0.1) is 0 Å². The van der Waals surface area contributed by atoms with E-state index in [1.165, 1.54) is 0 Å². The van der Waals surface area contributed by atoms with Gasteiger partial charge in [-0.3, -0.25) is 4.90 Å². The van der Waals surface area contributed by atoms with Gasteiger partial charge in [0.2, 0.25) is 0 Å². The lowest BCUT2D eigenvalue weighted by atomic mass is 9.95. The Hall–Kier alpha value is -1.66. The van der Waals surface area contributed by atoms with Crippen LogP contribution in [0.2, 0.25) is 10.0 Å². The normalized spacial score (nSPS) is 16.0. The van der Waals surface area contributed by atoms with Gasteiger partial charge >= 0.3 is 0 Å². The van der Waals surface area contributed by atoms with Gasteiger partial charge in [0.1, 0.15) is 5.75 Å². The minimum Gasteiger partial charge on any atom is -0.496 e. The highest BCUT2D eigenvalue weighted by atomic mass is 35.5. The second-order valence-electron chi connectivity index (χ2n) is 6.28. The summed E-state index contributed by atoms with van der Waals surface area (Å²) < 4.78 is 16.7. The number of nitrogens with one attached hydrogen (secondary N) is 1. The van der Waals surface area contributed by atoms with Crippen LogP contribution in [0.1, 0.15) is 17.2 Å². The number of piperazine rings is 1. The predicted octanol–water partition coefficient (Wildman–Crippen LogP) is 4.01. The molecule has 7 heteroatoms. The third kappa shape index (κ3) is 4.11. The van der Waals surface area contributed by atoms with Crippen molar-refractivity contribution in [3.05, 3.63) is 51.5 Å². The molecule has 27 heavy (non-hydrogen) atoms. The predicted molar refractivity (Wildman–Crippen MR) is 109 cm³/mol. The molecule has 1 aliphatic rings. The summed E-state index contributed by atoms with van der Waals surface area (Å²) in [6.45, 7) is 3.57. The van der Waals surface area contributed by atoms with Crippen LogP contribution in [0.4, 0.5) is 0 Å². The summed E-state index contributed by atoms with van der Waals surface area (Å²) in [5.41, 5.74) is 1.90. The lowest BCUT2D eigenvalue weighted by Gasteiger charge is -2.36. The SMILES string of the molecule is COc1cc(OC)c(C(c2cccc(Cl)c2Cl)N2CCNCC2)cc1OC. The van der Waals surface area contributed by atoms with E-state index in [0.717, 1.165) is 37.3 Å². The van der Waals surface area contributed by atoms with E-state index in [1.807, 2.05) is 24.3 Å². The molecule has 0 aromatic heterocycles. The van der Waals surface area contributed by atoms with Crippen LogP contribution < -0.4 is 19.5 Å². The largest absolute Gasteiger partial charge is 0.496 e. The van der Waals surface area contributed by atoms with Gasteiger partial charge < -0.3 is 19.5 Å². The highest BCUT2D eigenvalue weighted by Gasteiger charge is 2.30. The average Bonchev–Trinajstić information content (AvgIpc) is 2.71. The molecule has 1 aliphatic heterocycles. The molecule has 5 nitrogen and oxygen atoms in total. The van der Waals surface area contributed by atoms with E-state index in [0.29, 0.717) is 27.3 Å². The molecule has 1 fully saturated rings. The number of benzene rings is 2. The molecule has 1 saturated heterocycles. The number of ether oxygens (including phenoxy) is 3. The Bertz CT molecular complexity index is 795. The first kappa shape index (κ1) is 20.1. The fraction of sp³-hybridized carbons (Fsp3) is 0.400. The molecular formula is C20H24Cl2N2O3. The lowest BCUT2D eigenvalue weighted by Crippen LogP contribution is -2.45. The zero-order valence-electron chi connectivity index (χ0n) is 15.7. The molecule has 1 atom stereocenters. The molecule has 1 unspecified atom stereocenters. The summed E-state index contributed by atoms with van der Waals surface area (Å²) in [4.78, 5) is 2.37. The molecule has 0 spiro atoms. The first-order chi connectivity index (χ1) is 13.1. The van der Waals surface area contributed by atoms with Crippen molar-refractivity contribution in [2.24, 2.45) is 0 Å². The molecule has 0 amide bonds. The molecule has 3 rings (SSSR count). The van der Waals surface area contributed by atoms with Gasteiger partial charge in [0, 0.05) is 37.8 Å². The van der Waals surface area contributed by atoms with Gasteiger partial charge in [-0.2, -0.15) is 0 Å². The van der Waals surface area contributed by atoms with E-state index in [2.05, 4.69) is 10.2 Å². The fourth-order valence-electron chi connectivity index (χ4n) is 3.50. The molecule has 0 radical (unpaired) electrons. The van der Waals surface area contributed by atoms with Crippen molar-refractivity contribution in [2.45, 2.75) is 6.04 Å². The first-order valence-electron chi connectivity index (χ1n) is 8.79. The topological polar surface area (TPSA) is 43.0 Å². The Kier molecular flexibility index (Phi) is 6.71. The number of nitrogens with zero attached hydrogens (tertiary/aromatic N) is 1. The van der Waals surface area contributed by atoms with Gasteiger partial charge in [0.15, 0.2) is 11.5 Å². The van der Waals surface area contributed by atoms with Gasteiger partial charge in [0.25, 0.3) is 0 Å². The standard InChI is InChI=1S/C20H24Cl2N2O3/c1-25-16-12-18(27-3)17(26-2)11-14(16)20(24-9-7-23-8-10-24)13-5-4-6-15(21)19(13)22/h4-6,11-12,20,23H,7-10H2,1-3H3. The summed E-state index contributed by atoms with van der Waals surface area (Å²) in [5, 5.41) is 4.48. The van der Waals surface area contributed by atoms with Crippen molar-refractivity contribution >= 4 is 23.2 Å². The molecule has 1 heterocycles. The summed E-state index contributed by atoms with van der Waals surface area (Å²) in [7, 11) is 4.89. The van der Waals surface area contributed by atoms with E-state index >= 15 is 0 Å². The van der Waals surface area contributed by atoms with Crippen molar-refractivity contribution in [1.29, 1.82) is 0 Å². The van der Waals surface area contributed by atoms with Crippen molar-refractivity contribution in [3.8, 4) is 17.2 Å². The third-order valence-electron chi connectivity index (χ3n) is 4.82. The molecule has 0 aliphatic carbocycles. The highest BCUT2D eigenvalue weighted by molar-refractivity contribution is 6.42. The maximum absolute atomic E-state index is 6.61. The Labute approximate surface area is 170 Å². The zero-order chi connectivity index (χ0) is 19.4. The monoisotopic (exact) mass is 410 g/mol. The van der Waals surface area contributed by atoms with E-state index in [9.17, 15) is 0 Å². The van der Waals surface area contributed by atoms with Gasteiger partial charge in [-0.15, -0.1) is 0 Å². The van der Waals surface area contributed by atoms with Gasteiger partial charge in [-0.1, -0.05) is 35.3 Å². The van der Waals surface area contributed by atoms with Gasteiger partial charge in [-0.25, -0.2) is 0 Å². The summed E-state index contributed by atoms with van der Waals surface area (Å²) >= 11 is 12.9. The Morgan fingerprint density at radius 1 is 0.889 bits per heavy atom. The molecule has 0 bridgehead atoms. The Balaban J connectivity index is 2.19. The highest BCUT2D eigenvalue weighted by Crippen LogP contribution is 2.44. The number of hydrogen-bond donors (Lipinski definition) is 1. The molecule has 146 valence electrons. The molecule has 2 aromatic carbocycles. The van der Waals surface area contributed by atoms with E-state index in [-0.39, 0.29) is 6.04 Å². The Morgan fingerprint density at radius 3 is 2.15 bits per heavy atom. The summed E-state index contributed by atoms with van der Waals surface area (Å²) in [5.74, 6) is 1.98. The van der Waals surface area contributed by atoms with Gasteiger partial charge in [-0.05, 0) is 17.7 Å². The number of methoxy groups -OCH3 is 3. The number of hydrogen-bond acceptors (Lipinski definition) is 5. The third-order valence-corrected chi connectivity index (χ3v) is 5.66. The minimum absolute atomic E-state index is 0.118. The maximum Gasteiger partial charge on any atom is 0.164 e. The maximum atomic E-state index is 6.61. The van der Waals surface area contributed by atoms with E-state index < -0.39 is 0 Å². The quantitative estimate of drug-likeness (QED) is 0.778. The minimum atomic E-state index is -0.118. The molecular weight excluding hydrogens is 387 g/mol. The van der Waals surface area contributed by atoms with E-state index in [1.54, 1.807) is 27.4 Å². The molecule has 0 saturated carbocycles. The fourth-order valence-corrected chi connectivity index (χ4v) is 3.91. The van der Waals surface area contributed by atoms with Crippen LogP contribution in [-0.4, -0.2) is 52.4 Å². The van der Waals surface area contributed by atoms with Crippen molar-refractivity contribution in [2.75, 3.05) is 47.5 Å². The first-order valence-corrected chi connectivity index (χ1v) is 9.54. The van der Waals surface area contributed by atoms with Crippen molar-refractivity contribution in [3.63, 3.8) is 0 Å². The molecule has 1 N–H and O–H groups in total. The van der Waals surface area contributed by atoms with Crippen LogP contribution in [0.3, 0.4) is 0 Å². The van der Waals surface area contributed by atoms with Crippen LogP contribution >= 0.6 is 23.2 Å². The van der Waals surface area contributed by atoms with Crippen LogP contribution in [0.5, 0.6) is 17.2 Å². The second-order valence-corrected chi connectivity index (χ2v) is 7.07. The smallest absolute Gasteiger partial charge is 0.164 e. The van der Waals surface area contributed by atoms with Crippen LogP contribution in [0.25, 0.3) is 0 Å². The Morgan fingerprint density at radius 2 is 1.52 bits per heavy atom. The van der Waals surface area contributed by atoms with E-state index in [4.69, 9.17) is 37.4 Å². The second kappa shape index (κ2) is 9.02. The van der Waals surface area contributed by atoms with Crippen LogP contribution in [-0.2, 0) is 0 Å². The summed E-state index contributed by atoms with van der Waals surface area (Å²) in [6, 6.07) is 9.42. The number of rotatable bonds is 6. The average molecular weight is 411 g/mol. The lowest BCUT2D eigenvalue weighted by molar-refractivity contribution is 0.195.